The number of furan rings is 1. The number of hydrogen-bond acceptors (Lipinski definition) is 5. The Morgan fingerprint density at radius 3 is 2.69 bits per heavy atom. The third-order valence-corrected chi connectivity index (χ3v) is 4.11. The summed E-state index contributed by atoms with van der Waals surface area (Å²) in [7, 11) is 1.53. The number of methoxy groups -OCH3 is 1. The average molecular weight is 414 g/mol. The Balaban J connectivity index is 1.72. The van der Waals surface area contributed by atoms with Crippen LogP contribution in [-0.4, -0.2) is 25.1 Å². The zero-order valence-electron chi connectivity index (χ0n) is 16.2. The summed E-state index contributed by atoms with van der Waals surface area (Å²) in [5, 5.41) is 4.00. The Hall–Kier alpha value is -3.25. The molecule has 0 radical (unpaired) electrons. The Morgan fingerprint density at radius 2 is 1.97 bits per heavy atom. The number of hydrogen-bond donors (Lipinski definition) is 1. The van der Waals surface area contributed by atoms with Crippen molar-refractivity contribution in [3.63, 3.8) is 0 Å². The van der Waals surface area contributed by atoms with Crippen LogP contribution in [0.2, 0.25) is 5.02 Å². The first kappa shape index (κ1) is 20.5. The van der Waals surface area contributed by atoms with Gasteiger partial charge in [-0.1, -0.05) is 17.7 Å². The van der Waals surface area contributed by atoms with E-state index in [0.29, 0.717) is 33.4 Å². The van der Waals surface area contributed by atoms with Crippen molar-refractivity contribution >= 4 is 46.2 Å². The second-order valence-corrected chi connectivity index (χ2v) is 6.97. The van der Waals surface area contributed by atoms with Crippen LogP contribution in [0.4, 0.5) is 5.69 Å². The topological polar surface area (TPSA) is 77.8 Å². The van der Waals surface area contributed by atoms with E-state index in [-0.39, 0.29) is 12.0 Å². The Morgan fingerprint density at radius 1 is 1.17 bits per heavy atom. The van der Waals surface area contributed by atoms with Gasteiger partial charge in [0.25, 0.3) is 0 Å². The molecule has 0 saturated heterocycles. The summed E-state index contributed by atoms with van der Waals surface area (Å²) in [4.78, 5) is 24.2. The number of rotatable bonds is 6. The Bertz CT molecular complexity index is 1080. The molecule has 0 unspecified atom stereocenters. The van der Waals surface area contributed by atoms with Crippen molar-refractivity contribution in [2.45, 2.75) is 20.0 Å². The molecular formula is C22H20ClNO5. The van der Waals surface area contributed by atoms with E-state index < -0.39 is 5.97 Å². The van der Waals surface area contributed by atoms with Gasteiger partial charge in [0.1, 0.15) is 5.76 Å². The molecule has 6 nitrogen and oxygen atoms in total. The molecule has 0 fully saturated rings. The molecule has 0 atom stereocenters. The average Bonchev–Trinajstić information content (AvgIpc) is 3.08. The van der Waals surface area contributed by atoms with Crippen LogP contribution in [0.5, 0.6) is 5.75 Å². The molecule has 0 aliphatic rings. The summed E-state index contributed by atoms with van der Waals surface area (Å²) in [5.74, 6) is 0.179. The van der Waals surface area contributed by atoms with Gasteiger partial charge in [0.15, 0.2) is 11.3 Å². The Labute approximate surface area is 173 Å². The lowest BCUT2D eigenvalue weighted by atomic mass is 10.2. The maximum atomic E-state index is 12.2. The van der Waals surface area contributed by atoms with Gasteiger partial charge in [-0.25, -0.2) is 4.79 Å². The zero-order valence-corrected chi connectivity index (χ0v) is 16.9. The predicted molar refractivity (Wildman–Crippen MR) is 112 cm³/mol. The molecular weight excluding hydrogens is 394 g/mol. The number of carbonyl (C=O) groups is 2. The molecule has 150 valence electrons. The van der Waals surface area contributed by atoms with Gasteiger partial charge < -0.3 is 19.2 Å². The Kier molecular flexibility index (Phi) is 6.24. The minimum absolute atomic E-state index is 0.221. The molecule has 0 aliphatic heterocycles. The van der Waals surface area contributed by atoms with E-state index in [1.165, 1.54) is 13.2 Å². The van der Waals surface area contributed by atoms with E-state index in [1.54, 1.807) is 62.4 Å². The molecule has 1 N–H and O–H groups in total. The van der Waals surface area contributed by atoms with Gasteiger partial charge in [0, 0.05) is 28.2 Å². The van der Waals surface area contributed by atoms with Crippen LogP contribution in [-0.2, 0) is 9.53 Å². The standard InChI is InChI=1S/C22H20ClNO5/c1-13(2)28-22(26)14-5-4-6-17(10-14)24-20(25)8-7-18-11-15-9-16(23)12-19(27-3)21(15)29-18/h4-13H,1-3H3,(H,24,25). The van der Waals surface area contributed by atoms with Gasteiger partial charge >= 0.3 is 5.97 Å². The van der Waals surface area contributed by atoms with E-state index in [2.05, 4.69) is 5.32 Å². The summed E-state index contributed by atoms with van der Waals surface area (Å²) in [6, 6.07) is 11.7. The molecule has 7 heteroatoms. The van der Waals surface area contributed by atoms with Gasteiger partial charge in [-0.3, -0.25) is 4.79 Å². The maximum Gasteiger partial charge on any atom is 0.338 e. The smallest absolute Gasteiger partial charge is 0.338 e. The molecule has 3 aromatic rings. The number of ether oxygens (including phenoxy) is 2. The molecule has 1 amide bonds. The molecule has 2 aromatic carbocycles. The fourth-order valence-corrected chi connectivity index (χ4v) is 2.90. The third kappa shape index (κ3) is 5.18. The highest BCUT2D eigenvalue weighted by Crippen LogP contribution is 2.32. The number of nitrogens with one attached hydrogen (secondary N) is 1. The number of anilines is 1. The van der Waals surface area contributed by atoms with Crippen molar-refractivity contribution in [2.24, 2.45) is 0 Å². The molecule has 3 rings (SSSR count). The SMILES string of the molecule is COc1cc(Cl)cc2cc(C=CC(=O)Nc3cccc(C(=O)OC(C)C)c3)oc12. The first-order valence-electron chi connectivity index (χ1n) is 8.93. The van der Waals surface area contributed by atoms with E-state index in [4.69, 9.17) is 25.5 Å². The number of amides is 1. The van der Waals surface area contributed by atoms with E-state index in [1.807, 2.05) is 0 Å². The van der Waals surface area contributed by atoms with Gasteiger partial charge in [-0.2, -0.15) is 0 Å². The quantitative estimate of drug-likeness (QED) is 0.437. The molecule has 29 heavy (non-hydrogen) atoms. The second kappa shape index (κ2) is 8.84. The number of fused-ring (bicyclic) bond motifs is 1. The van der Waals surface area contributed by atoms with Gasteiger partial charge in [0.05, 0.1) is 18.8 Å². The van der Waals surface area contributed by atoms with Crippen LogP contribution in [0, 0.1) is 0 Å². The van der Waals surface area contributed by atoms with Crippen LogP contribution in [0.25, 0.3) is 17.0 Å². The number of esters is 1. The number of carbonyl (C=O) groups excluding carboxylic acids is 2. The third-order valence-electron chi connectivity index (χ3n) is 3.89. The van der Waals surface area contributed by atoms with Gasteiger partial charge in [-0.15, -0.1) is 0 Å². The van der Waals surface area contributed by atoms with Crippen LogP contribution in [0.15, 0.2) is 53.0 Å². The lowest BCUT2D eigenvalue weighted by Gasteiger charge is -2.09. The van der Waals surface area contributed by atoms with E-state index in [9.17, 15) is 9.59 Å². The normalized spacial score (nSPS) is 11.2. The first-order chi connectivity index (χ1) is 13.9. The van der Waals surface area contributed by atoms with Crippen molar-refractivity contribution < 1.29 is 23.5 Å². The highest BCUT2D eigenvalue weighted by Gasteiger charge is 2.11. The second-order valence-electron chi connectivity index (χ2n) is 6.53. The monoisotopic (exact) mass is 413 g/mol. The number of benzene rings is 2. The van der Waals surface area contributed by atoms with Gasteiger partial charge in [0.2, 0.25) is 5.91 Å². The highest BCUT2D eigenvalue weighted by molar-refractivity contribution is 6.31. The van der Waals surface area contributed by atoms with Crippen molar-refractivity contribution in [2.75, 3.05) is 12.4 Å². The largest absolute Gasteiger partial charge is 0.493 e. The number of halogens is 1. The molecule has 0 saturated carbocycles. The van der Waals surface area contributed by atoms with E-state index in [0.717, 1.165) is 5.39 Å². The van der Waals surface area contributed by atoms with E-state index >= 15 is 0 Å². The molecule has 0 aliphatic carbocycles. The van der Waals surface area contributed by atoms with Crippen LogP contribution in [0.1, 0.15) is 30.0 Å². The first-order valence-corrected chi connectivity index (χ1v) is 9.30. The molecule has 1 aromatic heterocycles. The van der Waals surface area contributed by atoms with Crippen molar-refractivity contribution in [3.8, 4) is 5.75 Å². The van der Waals surface area contributed by atoms with Crippen molar-refractivity contribution in [3.05, 3.63) is 64.9 Å². The molecule has 1 heterocycles. The van der Waals surface area contributed by atoms with Crippen LogP contribution in [0.3, 0.4) is 0 Å². The summed E-state index contributed by atoms with van der Waals surface area (Å²) >= 11 is 6.06. The predicted octanol–water partition coefficient (Wildman–Crippen LogP) is 5.31. The lowest BCUT2D eigenvalue weighted by Crippen LogP contribution is -2.13. The summed E-state index contributed by atoms with van der Waals surface area (Å²) in [5.41, 5.74) is 1.39. The van der Waals surface area contributed by atoms with Crippen molar-refractivity contribution in [1.29, 1.82) is 0 Å². The fourth-order valence-electron chi connectivity index (χ4n) is 2.69. The summed E-state index contributed by atoms with van der Waals surface area (Å²) in [6.07, 6.45) is 2.66. The lowest BCUT2D eigenvalue weighted by molar-refractivity contribution is -0.111. The maximum absolute atomic E-state index is 12.2. The van der Waals surface area contributed by atoms with Crippen LogP contribution >= 0.6 is 11.6 Å². The summed E-state index contributed by atoms with van der Waals surface area (Å²) < 4.78 is 16.1. The van der Waals surface area contributed by atoms with Crippen molar-refractivity contribution in [1.82, 2.24) is 0 Å². The highest BCUT2D eigenvalue weighted by atomic mass is 35.5. The molecule has 0 spiro atoms. The fraction of sp³-hybridized carbons (Fsp3) is 0.182. The van der Waals surface area contributed by atoms with Crippen LogP contribution < -0.4 is 10.1 Å². The zero-order chi connectivity index (χ0) is 21.0. The van der Waals surface area contributed by atoms with Gasteiger partial charge in [-0.05, 0) is 50.3 Å². The minimum Gasteiger partial charge on any atom is -0.493 e. The molecule has 0 bridgehead atoms. The summed E-state index contributed by atoms with van der Waals surface area (Å²) in [6.45, 7) is 3.55. The minimum atomic E-state index is -0.443.